The van der Waals surface area contributed by atoms with Crippen LogP contribution >= 0.6 is 0 Å². The SMILES string of the molecule is COc1ccc([C@H](CNc2ccc([N+](=O)[O-])cn2)N2CCOCC2)cc1. The van der Waals surface area contributed by atoms with Crippen molar-refractivity contribution in [2.45, 2.75) is 6.04 Å². The van der Waals surface area contributed by atoms with E-state index in [-0.39, 0.29) is 11.7 Å². The Labute approximate surface area is 151 Å². The van der Waals surface area contributed by atoms with Gasteiger partial charge in [0.05, 0.1) is 31.3 Å². The number of methoxy groups -OCH3 is 1. The first-order valence-corrected chi connectivity index (χ1v) is 8.47. The van der Waals surface area contributed by atoms with Crippen LogP contribution in [0.3, 0.4) is 0 Å². The lowest BCUT2D eigenvalue weighted by molar-refractivity contribution is -0.385. The molecule has 1 atom stereocenters. The second-order valence-electron chi connectivity index (χ2n) is 5.98. The van der Waals surface area contributed by atoms with E-state index in [0.717, 1.165) is 18.8 Å². The molecule has 1 fully saturated rings. The first kappa shape index (κ1) is 18.1. The average molecular weight is 358 g/mol. The highest BCUT2D eigenvalue weighted by molar-refractivity contribution is 5.41. The third-order valence-corrected chi connectivity index (χ3v) is 4.42. The molecule has 138 valence electrons. The molecule has 0 saturated carbocycles. The van der Waals surface area contributed by atoms with Crippen molar-refractivity contribution >= 4 is 11.5 Å². The van der Waals surface area contributed by atoms with Gasteiger partial charge in [-0.2, -0.15) is 0 Å². The summed E-state index contributed by atoms with van der Waals surface area (Å²) in [6.45, 7) is 3.76. The number of rotatable bonds is 7. The Bertz CT molecular complexity index is 715. The molecular formula is C18H22N4O4. The van der Waals surface area contributed by atoms with Crippen LogP contribution in [0.2, 0.25) is 0 Å². The monoisotopic (exact) mass is 358 g/mol. The Hall–Kier alpha value is -2.71. The molecule has 3 rings (SSSR count). The summed E-state index contributed by atoms with van der Waals surface area (Å²) in [5.41, 5.74) is 1.15. The molecule has 1 saturated heterocycles. The van der Waals surface area contributed by atoms with Gasteiger partial charge in [0, 0.05) is 25.7 Å². The molecule has 1 aliphatic rings. The van der Waals surface area contributed by atoms with Crippen LogP contribution in [-0.4, -0.2) is 54.8 Å². The van der Waals surface area contributed by atoms with Crippen LogP contribution in [0.5, 0.6) is 5.75 Å². The number of aromatic nitrogens is 1. The van der Waals surface area contributed by atoms with Crippen molar-refractivity contribution in [1.29, 1.82) is 0 Å². The lowest BCUT2D eigenvalue weighted by atomic mass is 10.0. The van der Waals surface area contributed by atoms with Crippen LogP contribution in [0, 0.1) is 10.1 Å². The van der Waals surface area contributed by atoms with Crippen LogP contribution in [0.4, 0.5) is 11.5 Å². The van der Waals surface area contributed by atoms with E-state index in [2.05, 4.69) is 27.3 Å². The molecule has 8 nitrogen and oxygen atoms in total. The minimum Gasteiger partial charge on any atom is -0.497 e. The van der Waals surface area contributed by atoms with Gasteiger partial charge in [-0.25, -0.2) is 4.98 Å². The van der Waals surface area contributed by atoms with Crippen molar-refractivity contribution in [2.24, 2.45) is 0 Å². The maximum absolute atomic E-state index is 10.7. The summed E-state index contributed by atoms with van der Waals surface area (Å²) in [6.07, 6.45) is 1.26. The highest BCUT2D eigenvalue weighted by atomic mass is 16.6. The zero-order valence-electron chi connectivity index (χ0n) is 14.6. The van der Waals surface area contributed by atoms with Gasteiger partial charge >= 0.3 is 0 Å². The molecule has 1 aromatic heterocycles. The lowest BCUT2D eigenvalue weighted by Crippen LogP contribution is -2.41. The summed E-state index contributed by atoms with van der Waals surface area (Å²) >= 11 is 0. The molecule has 0 bridgehead atoms. The van der Waals surface area contributed by atoms with E-state index in [1.165, 1.54) is 17.8 Å². The van der Waals surface area contributed by atoms with Gasteiger partial charge in [0.2, 0.25) is 0 Å². The fourth-order valence-corrected chi connectivity index (χ4v) is 2.97. The molecule has 0 unspecified atom stereocenters. The van der Waals surface area contributed by atoms with Gasteiger partial charge in [-0.3, -0.25) is 15.0 Å². The highest BCUT2D eigenvalue weighted by Crippen LogP contribution is 2.25. The molecule has 0 aliphatic carbocycles. The number of anilines is 1. The summed E-state index contributed by atoms with van der Waals surface area (Å²) in [4.78, 5) is 16.8. The first-order chi connectivity index (χ1) is 12.7. The molecule has 1 aliphatic heterocycles. The molecule has 2 heterocycles. The number of hydrogen-bond acceptors (Lipinski definition) is 7. The Kier molecular flexibility index (Phi) is 5.98. The van der Waals surface area contributed by atoms with Gasteiger partial charge in [0.1, 0.15) is 17.8 Å². The molecular weight excluding hydrogens is 336 g/mol. The third-order valence-electron chi connectivity index (χ3n) is 4.42. The number of benzene rings is 1. The number of pyridine rings is 1. The molecule has 0 radical (unpaired) electrons. The molecule has 1 N–H and O–H groups in total. The number of nitrogens with zero attached hydrogens (tertiary/aromatic N) is 3. The van der Waals surface area contributed by atoms with E-state index in [9.17, 15) is 10.1 Å². The van der Waals surface area contributed by atoms with Gasteiger partial charge in [0.15, 0.2) is 0 Å². The van der Waals surface area contributed by atoms with E-state index in [1.54, 1.807) is 13.2 Å². The highest BCUT2D eigenvalue weighted by Gasteiger charge is 2.22. The van der Waals surface area contributed by atoms with Crippen LogP contribution in [0.1, 0.15) is 11.6 Å². The minimum absolute atomic E-state index is 0.0181. The van der Waals surface area contributed by atoms with Crippen molar-refractivity contribution in [3.05, 3.63) is 58.3 Å². The second kappa shape index (κ2) is 8.59. The Balaban J connectivity index is 1.73. The number of nitrogens with one attached hydrogen (secondary N) is 1. The Morgan fingerprint density at radius 1 is 1.27 bits per heavy atom. The van der Waals surface area contributed by atoms with Gasteiger partial charge in [-0.05, 0) is 23.8 Å². The van der Waals surface area contributed by atoms with Crippen LogP contribution < -0.4 is 10.1 Å². The Morgan fingerprint density at radius 3 is 2.58 bits per heavy atom. The van der Waals surface area contributed by atoms with Crippen molar-refractivity contribution < 1.29 is 14.4 Å². The van der Waals surface area contributed by atoms with Crippen LogP contribution in [0.15, 0.2) is 42.6 Å². The van der Waals surface area contributed by atoms with Crippen molar-refractivity contribution in [2.75, 3.05) is 45.3 Å². The van der Waals surface area contributed by atoms with Crippen LogP contribution in [0.25, 0.3) is 0 Å². The van der Waals surface area contributed by atoms with E-state index >= 15 is 0 Å². The maximum Gasteiger partial charge on any atom is 0.287 e. The number of hydrogen-bond donors (Lipinski definition) is 1. The zero-order valence-corrected chi connectivity index (χ0v) is 14.6. The summed E-state index contributed by atoms with van der Waals surface area (Å²) < 4.78 is 10.7. The Morgan fingerprint density at radius 2 is 2.00 bits per heavy atom. The van der Waals surface area contributed by atoms with Crippen molar-refractivity contribution in [3.63, 3.8) is 0 Å². The summed E-state index contributed by atoms with van der Waals surface area (Å²) in [7, 11) is 1.65. The normalized spacial score (nSPS) is 16.0. The molecule has 0 amide bonds. The minimum atomic E-state index is -0.454. The van der Waals surface area contributed by atoms with E-state index in [4.69, 9.17) is 9.47 Å². The summed E-state index contributed by atoms with van der Waals surface area (Å²) in [5, 5.41) is 14.0. The van der Waals surface area contributed by atoms with Gasteiger partial charge in [0.25, 0.3) is 5.69 Å². The molecule has 26 heavy (non-hydrogen) atoms. The van der Waals surface area contributed by atoms with Gasteiger partial charge in [-0.15, -0.1) is 0 Å². The number of morpholine rings is 1. The second-order valence-corrected chi connectivity index (χ2v) is 5.98. The average Bonchev–Trinajstić information content (AvgIpc) is 2.70. The number of nitro groups is 1. The standard InChI is InChI=1S/C18H22N4O4/c1-25-16-5-2-14(3-6-16)17(21-8-10-26-11-9-21)13-20-18-7-4-15(12-19-18)22(23)24/h2-7,12,17H,8-11,13H2,1H3,(H,19,20)/t17-/m0/s1. The lowest BCUT2D eigenvalue weighted by Gasteiger charge is -2.35. The van der Waals surface area contributed by atoms with Gasteiger partial charge in [-0.1, -0.05) is 12.1 Å². The first-order valence-electron chi connectivity index (χ1n) is 8.47. The van der Waals surface area contributed by atoms with E-state index in [1.807, 2.05) is 12.1 Å². The summed E-state index contributed by atoms with van der Waals surface area (Å²) in [6, 6.07) is 11.2. The quantitative estimate of drug-likeness (QED) is 0.601. The molecule has 1 aromatic carbocycles. The number of ether oxygens (including phenoxy) is 2. The molecule has 0 spiro atoms. The van der Waals surface area contributed by atoms with E-state index < -0.39 is 4.92 Å². The van der Waals surface area contributed by atoms with Crippen LogP contribution in [-0.2, 0) is 4.74 Å². The smallest absolute Gasteiger partial charge is 0.287 e. The maximum atomic E-state index is 10.7. The van der Waals surface area contributed by atoms with E-state index in [0.29, 0.717) is 25.6 Å². The zero-order chi connectivity index (χ0) is 18.4. The third kappa shape index (κ3) is 4.47. The predicted octanol–water partition coefficient (Wildman–Crippen LogP) is 2.48. The van der Waals surface area contributed by atoms with Gasteiger partial charge < -0.3 is 14.8 Å². The topological polar surface area (TPSA) is 89.8 Å². The fourth-order valence-electron chi connectivity index (χ4n) is 2.97. The summed E-state index contributed by atoms with van der Waals surface area (Å²) in [5.74, 6) is 1.43. The van der Waals surface area contributed by atoms with Crippen molar-refractivity contribution in [3.8, 4) is 5.75 Å². The molecule has 2 aromatic rings. The van der Waals surface area contributed by atoms with Crippen molar-refractivity contribution in [1.82, 2.24) is 9.88 Å². The predicted molar refractivity (Wildman–Crippen MR) is 97.5 cm³/mol. The largest absolute Gasteiger partial charge is 0.497 e. The molecule has 8 heteroatoms. The fraction of sp³-hybridized carbons (Fsp3) is 0.389.